The van der Waals surface area contributed by atoms with Crippen LogP contribution in [-0.2, 0) is 6.42 Å². The van der Waals surface area contributed by atoms with Gasteiger partial charge in [0, 0.05) is 5.39 Å². The van der Waals surface area contributed by atoms with Gasteiger partial charge in [-0.1, -0.05) is 87.7 Å². The SMILES string of the molecule is BN(CCC)CCCc1ccc(/C(=C(/CC)c2ccccc2C)c2ccc3c(cnn3C3CCCCC3)c2)cc1. The Morgan fingerprint density at radius 1 is 0.925 bits per heavy atom. The molecule has 0 unspecified atom stereocenters. The Balaban J connectivity index is 1.52. The van der Waals surface area contributed by atoms with Crippen LogP contribution in [0.4, 0.5) is 0 Å². The number of aryl methyl sites for hydroxylation is 2. The number of benzene rings is 3. The Hall–Kier alpha value is -3.11. The van der Waals surface area contributed by atoms with E-state index in [4.69, 9.17) is 5.10 Å². The Kier molecular flexibility index (Phi) is 9.59. The average Bonchev–Trinajstić information content (AvgIpc) is 3.41. The summed E-state index contributed by atoms with van der Waals surface area (Å²) >= 11 is 0. The molecule has 4 heteroatoms. The maximum atomic E-state index is 4.89. The highest BCUT2D eigenvalue weighted by atomic mass is 15.3. The lowest BCUT2D eigenvalue weighted by Gasteiger charge is -2.23. The molecule has 3 nitrogen and oxygen atoms in total. The topological polar surface area (TPSA) is 21.1 Å². The monoisotopic (exact) mass is 531 g/mol. The van der Waals surface area contributed by atoms with Crippen LogP contribution in [0.1, 0.15) is 99.1 Å². The number of hydrogen-bond acceptors (Lipinski definition) is 2. The van der Waals surface area contributed by atoms with Gasteiger partial charge >= 0.3 is 0 Å². The largest absolute Gasteiger partial charge is 0.349 e. The van der Waals surface area contributed by atoms with E-state index in [0.717, 1.165) is 19.4 Å². The molecule has 1 aromatic heterocycles. The standard InChI is InChI=1S/C36H46BN3/c1-4-23-39(37)24-11-13-28-17-19-29(20-18-28)36(33(5-2)34-16-10-9-12-27(34)3)30-21-22-35-31(25-30)26-38-40(35)32-14-7-6-8-15-32/h9-10,12,16-22,25-26,32H,4-8,11,13-15,23-24,37H2,1-3H3/b36-33+. The number of rotatable bonds is 11. The molecule has 1 fully saturated rings. The highest BCUT2D eigenvalue weighted by Crippen LogP contribution is 2.38. The second kappa shape index (κ2) is 13.5. The molecule has 5 rings (SSSR count). The maximum absolute atomic E-state index is 4.89. The van der Waals surface area contributed by atoms with Crippen molar-refractivity contribution in [3.8, 4) is 0 Å². The van der Waals surface area contributed by atoms with Crippen LogP contribution in [0.3, 0.4) is 0 Å². The third kappa shape index (κ3) is 6.44. The molecule has 3 aromatic carbocycles. The van der Waals surface area contributed by atoms with E-state index in [1.54, 1.807) is 0 Å². The van der Waals surface area contributed by atoms with Crippen LogP contribution in [0.5, 0.6) is 0 Å². The Morgan fingerprint density at radius 3 is 2.40 bits per heavy atom. The third-order valence-corrected chi connectivity index (χ3v) is 8.78. The van der Waals surface area contributed by atoms with Gasteiger partial charge in [-0.15, -0.1) is 0 Å². The van der Waals surface area contributed by atoms with Crippen molar-refractivity contribution in [3.05, 3.63) is 101 Å². The highest BCUT2D eigenvalue weighted by Gasteiger charge is 2.20. The summed E-state index contributed by atoms with van der Waals surface area (Å²) in [5, 5.41) is 6.13. The summed E-state index contributed by atoms with van der Waals surface area (Å²) in [6.07, 6.45) is 13.1. The molecular weight excluding hydrogens is 485 g/mol. The first kappa shape index (κ1) is 28.4. The summed E-state index contributed by atoms with van der Waals surface area (Å²) in [5.41, 5.74) is 10.7. The molecule has 4 aromatic rings. The van der Waals surface area contributed by atoms with Gasteiger partial charge in [0.2, 0.25) is 0 Å². The highest BCUT2D eigenvalue weighted by molar-refractivity contribution is 6.04. The van der Waals surface area contributed by atoms with Crippen molar-refractivity contribution in [2.24, 2.45) is 0 Å². The zero-order valence-electron chi connectivity index (χ0n) is 25.1. The van der Waals surface area contributed by atoms with E-state index in [1.807, 2.05) is 0 Å². The molecule has 0 atom stereocenters. The van der Waals surface area contributed by atoms with Gasteiger partial charge in [-0.3, -0.25) is 4.68 Å². The molecule has 1 aliphatic rings. The van der Waals surface area contributed by atoms with Gasteiger partial charge in [0.1, 0.15) is 0 Å². The van der Waals surface area contributed by atoms with E-state index in [2.05, 4.69) is 111 Å². The lowest BCUT2D eigenvalue weighted by molar-refractivity contribution is 0.337. The Morgan fingerprint density at radius 2 is 1.68 bits per heavy atom. The van der Waals surface area contributed by atoms with Crippen molar-refractivity contribution in [2.45, 2.75) is 84.6 Å². The van der Waals surface area contributed by atoms with Gasteiger partial charge in [-0.25, -0.2) is 0 Å². The number of hydrogen-bond donors (Lipinski definition) is 0. The lowest BCUT2D eigenvalue weighted by atomic mass is 9.86. The molecule has 1 saturated carbocycles. The first-order chi connectivity index (χ1) is 19.6. The van der Waals surface area contributed by atoms with Crippen LogP contribution in [0, 0.1) is 6.92 Å². The third-order valence-electron chi connectivity index (χ3n) is 8.78. The van der Waals surface area contributed by atoms with E-state index in [1.165, 1.54) is 101 Å². The van der Waals surface area contributed by atoms with Crippen LogP contribution in [0.2, 0.25) is 0 Å². The fourth-order valence-corrected chi connectivity index (χ4v) is 6.64. The minimum absolute atomic E-state index is 0.541. The fourth-order valence-electron chi connectivity index (χ4n) is 6.64. The van der Waals surface area contributed by atoms with E-state index in [9.17, 15) is 0 Å². The molecule has 0 N–H and O–H groups in total. The molecule has 0 saturated heterocycles. The molecule has 40 heavy (non-hydrogen) atoms. The van der Waals surface area contributed by atoms with Gasteiger partial charge < -0.3 is 4.81 Å². The predicted molar refractivity (Wildman–Crippen MR) is 174 cm³/mol. The van der Waals surface area contributed by atoms with Crippen molar-refractivity contribution in [1.82, 2.24) is 14.6 Å². The number of aromatic nitrogens is 2. The smallest absolute Gasteiger partial charge is 0.185 e. The van der Waals surface area contributed by atoms with Gasteiger partial charge in [0.15, 0.2) is 7.98 Å². The number of fused-ring (bicyclic) bond motifs is 1. The summed E-state index contributed by atoms with van der Waals surface area (Å²) in [7, 11) is 2.23. The molecule has 0 bridgehead atoms. The molecule has 208 valence electrons. The summed E-state index contributed by atoms with van der Waals surface area (Å²) in [6, 6.07) is 25.8. The first-order valence-electron chi connectivity index (χ1n) is 15.6. The summed E-state index contributed by atoms with van der Waals surface area (Å²) in [5.74, 6) is 0. The first-order valence-corrected chi connectivity index (χ1v) is 15.6. The maximum Gasteiger partial charge on any atom is 0.185 e. The summed E-state index contributed by atoms with van der Waals surface area (Å²) in [6.45, 7) is 9.11. The van der Waals surface area contributed by atoms with Crippen LogP contribution >= 0.6 is 0 Å². The molecule has 0 radical (unpaired) electrons. The van der Waals surface area contributed by atoms with Gasteiger partial charge in [-0.05, 0) is 110 Å². The van der Waals surface area contributed by atoms with Crippen molar-refractivity contribution >= 4 is 30.0 Å². The van der Waals surface area contributed by atoms with Gasteiger partial charge in [-0.2, -0.15) is 5.10 Å². The average molecular weight is 532 g/mol. The normalized spacial score (nSPS) is 15.1. The minimum Gasteiger partial charge on any atom is -0.349 e. The Bertz CT molecular complexity index is 1430. The van der Waals surface area contributed by atoms with Crippen molar-refractivity contribution in [2.75, 3.05) is 13.1 Å². The van der Waals surface area contributed by atoms with Crippen molar-refractivity contribution in [3.63, 3.8) is 0 Å². The van der Waals surface area contributed by atoms with Crippen LogP contribution in [-0.4, -0.2) is 35.7 Å². The number of allylic oxidation sites excluding steroid dienone is 1. The van der Waals surface area contributed by atoms with E-state index < -0.39 is 0 Å². The second-order valence-corrected chi connectivity index (χ2v) is 11.8. The van der Waals surface area contributed by atoms with Crippen molar-refractivity contribution < 1.29 is 0 Å². The van der Waals surface area contributed by atoms with Gasteiger partial charge in [0.25, 0.3) is 0 Å². The second-order valence-electron chi connectivity index (χ2n) is 11.8. The fraction of sp³-hybridized carbons (Fsp3) is 0.417. The quantitative estimate of drug-likeness (QED) is 0.143. The molecule has 0 spiro atoms. The van der Waals surface area contributed by atoms with E-state index >= 15 is 0 Å². The zero-order valence-corrected chi connectivity index (χ0v) is 25.1. The lowest BCUT2D eigenvalue weighted by Crippen LogP contribution is -2.22. The van der Waals surface area contributed by atoms with E-state index in [0.29, 0.717) is 6.04 Å². The molecule has 1 aliphatic carbocycles. The zero-order chi connectivity index (χ0) is 27.9. The molecule has 0 aliphatic heterocycles. The summed E-state index contributed by atoms with van der Waals surface area (Å²) in [4.78, 5) is 2.44. The minimum atomic E-state index is 0.541. The molecule has 1 heterocycles. The Labute approximate surface area is 242 Å². The molecule has 0 amide bonds. The van der Waals surface area contributed by atoms with Crippen LogP contribution in [0.15, 0.2) is 72.9 Å². The summed E-state index contributed by atoms with van der Waals surface area (Å²) < 4.78 is 2.30. The van der Waals surface area contributed by atoms with Crippen LogP contribution in [0.25, 0.3) is 22.0 Å². The van der Waals surface area contributed by atoms with Crippen LogP contribution < -0.4 is 0 Å². The van der Waals surface area contributed by atoms with Crippen molar-refractivity contribution in [1.29, 1.82) is 0 Å². The predicted octanol–water partition coefficient (Wildman–Crippen LogP) is 8.41. The number of nitrogens with zero attached hydrogens (tertiary/aromatic N) is 3. The van der Waals surface area contributed by atoms with E-state index in [-0.39, 0.29) is 0 Å². The van der Waals surface area contributed by atoms with Gasteiger partial charge in [0.05, 0.1) is 17.8 Å². The molecular formula is C36H46BN3.